The first-order chi connectivity index (χ1) is 10.0. The molecule has 2 amide bonds. The summed E-state index contributed by atoms with van der Waals surface area (Å²) in [5, 5.41) is 18.9. The van der Waals surface area contributed by atoms with E-state index >= 15 is 0 Å². The van der Waals surface area contributed by atoms with Crippen LogP contribution in [0, 0.1) is 5.41 Å². The van der Waals surface area contributed by atoms with Gasteiger partial charge in [0.2, 0.25) is 0 Å². The third kappa shape index (κ3) is 3.96. The lowest BCUT2D eigenvalue weighted by Gasteiger charge is -2.33. The Morgan fingerprint density at radius 3 is 2.62 bits per heavy atom. The zero-order valence-electron chi connectivity index (χ0n) is 12.3. The van der Waals surface area contributed by atoms with Crippen molar-refractivity contribution in [3.8, 4) is 0 Å². The molecule has 7 heteroatoms. The molecule has 0 saturated heterocycles. The predicted octanol–water partition coefficient (Wildman–Crippen LogP) is 1.25. The molecule has 116 valence electrons. The van der Waals surface area contributed by atoms with E-state index < -0.39 is 11.4 Å². The molecule has 7 nitrogen and oxygen atoms in total. The quantitative estimate of drug-likeness (QED) is 0.761. The molecule has 2 rings (SSSR count). The summed E-state index contributed by atoms with van der Waals surface area (Å²) in [6.07, 6.45) is 7.65. The van der Waals surface area contributed by atoms with Crippen molar-refractivity contribution in [2.75, 3.05) is 6.54 Å². The van der Waals surface area contributed by atoms with Crippen LogP contribution in [-0.4, -0.2) is 33.4 Å². The molecular formula is C14H22N4O3. The second-order valence-corrected chi connectivity index (χ2v) is 5.70. The predicted molar refractivity (Wildman–Crippen MR) is 76.6 cm³/mol. The molecule has 1 heterocycles. The number of carboxylic acids is 1. The van der Waals surface area contributed by atoms with Crippen LogP contribution >= 0.6 is 0 Å². The lowest BCUT2D eigenvalue weighted by atomic mass is 9.74. The van der Waals surface area contributed by atoms with Gasteiger partial charge in [0.25, 0.3) is 0 Å². The van der Waals surface area contributed by atoms with E-state index in [0.29, 0.717) is 19.4 Å². The van der Waals surface area contributed by atoms with Crippen molar-refractivity contribution in [1.29, 1.82) is 0 Å². The van der Waals surface area contributed by atoms with E-state index in [-0.39, 0.29) is 12.6 Å². The molecule has 1 aromatic rings. The second-order valence-electron chi connectivity index (χ2n) is 5.70. The van der Waals surface area contributed by atoms with Crippen LogP contribution in [0.5, 0.6) is 0 Å². The fourth-order valence-electron chi connectivity index (χ4n) is 2.75. The van der Waals surface area contributed by atoms with Gasteiger partial charge in [-0.3, -0.25) is 9.48 Å². The summed E-state index contributed by atoms with van der Waals surface area (Å²) in [5.41, 5.74) is 0.0995. The van der Waals surface area contributed by atoms with E-state index in [4.69, 9.17) is 0 Å². The van der Waals surface area contributed by atoms with E-state index in [1.807, 2.05) is 13.2 Å². The van der Waals surface area contributed by atoms with Gasteiger partial charge >= 0.3 is 12.0 Å². The summed E-state index contributed by atoms with van der Waals surface area (Å²) in [4.78, 5) is 23.3. The molecule has 0 atom stereocenters. The van der Waals surface area contributed by atoms with Crippen molar-refractivity contribution >= 4 is 12.0 Å². The highest BCUT2D eigenvalue weighted by molar-refractivity contribution is 5.78. The van der Waals surface area contributed by atoms with Crippen molar-refractivity contribution in [3.63, 3.8) is 0 Å². The van der Waals surface area contributed by atoms with Crippen molar-refractivity contribution < 1.29 is 14.7 Å². The highest BCUT2D eigenvalue weighted by atomic mass is 16.4. The highest BCUT2D eigenvalue weighted by Crippen LogP contribution is 2.35. The number of aliphatic carboxylic acids is 1. The normalized spacial score (nSPS) is 17.2. The van der Waals surface area contributed by atoms with Crippen LogP contribution in [0.1, 0.15) is 37.7 Å². The van der Waals surface area contributed by atoms with Crippen LogP contribution in [0.3, 0.4) is 0 Å². The van der Waals surface area contributed by atoms with Crippen molar-refractivity contribution in [2.24, 2.45) is 12.5 Å². The van der Waals surface area contributed by atoms with Crippen LogP contribution in [0.15, 0.2) is 12.4 Å². The van der Waals surface area contributed by atoms with Gasteiger partial charge in [0.15, 0.2) is 0 Å². The van der Waals surface area contributed by atoms with Gasteiger partial charge in [-0.25, -0.2) is 4.79 Å². The largest absolute Gasteiger partial charge is 0.481 e. The summed E-state index contributed by atoms with van der Waals surface area (Å²) in [5.74, 6) is -0.810. The van der Waals surface area contributed by atoms with Crippen LogP contribution < -0.4 is 10.6 Å². The van der Waals surface area contributed by atoms with Crippen molar-refractivity contribution in [2.45, 2.75) is 38.6 Å². The first-order valence-electron chi connectivity index (χ1n) is 7.24. The molecule has 1 saturated carbocycles. The Hall–Kier alpha value is -2.05. The average molecular weight is 294 g/mol. The Morgan fingerprint density at radius 2 is 2.05 bits per heavy atom. The van der Waals surface area contributed by atoms with E-state index in [1.54, 1.807) is 10.9 Å². The molecule has 1 fully saturated rings. The fourth-order valence-corrected chi connectivity index (χ4v) is 2.75. The van der Waals surface area contributed by atoms with Crippen LogP contribution in [-0.2, 0) is 18.4 Å². The summed E-state index contributed by atoms with van der Waals surface area (Å²) in [6, 6.07) is -0.343. The zero-order chi connectivity index (χ0) is 15.3. The Morgan fingerprint density at radius 1 is 1.33 bits per heavy atom. The third-order valence-corrected chi connectivity index (χ3v) is 4.06. The molecule has 21 heavy (non-hydrogen) atoms. The van der Waals surface area contributed by atoms with E-state index in [1.165, 1.54) is 0 Å². The number of hydrogen-bond donors (Lipinski definition) is 3. The summed E-state index contributed by atoms with van der Waals surface area (Å²) >= 11 is 0. The zero-order valence-corrected chi connectivity index (χ0v) is 12.3. The number of aromatic nitrogens is 2. The van der Waals surface area contributed by atoms with Gasteiger partial charge in [-0.15, -0.1) is 0 Å². The maximum atomic E-state index is 11.8. The lowest BCUT2D eigenvalue weighted by molar-refractivity contribution is -0.150. The van der Waals surface area contributed by atoms with E-state index in [9.17, 15) is 14.7 Å². The Labute approximate surface area is 123 Å². The molecule has 0 radical (unpaired) electrons. The number of aryl methyl sites for hydroxylation is 1. The first kappa shape index (κ1) is 15.3. The van der Waals surface area contributed by atoms with Gasteiger partial charge in [0, 0.05) is 31.9 Å². The fraction of sp³-hybridized carbons (Fsp3) is 0.643. The molecule has 0 aromatic carbocycles. The molecule has 3 N–H and O–H groups in total. The standard InChI is InChI=1S/C14H22N4O3/c1-18-9-11(8-17-18)7-15-13(21)16-10-14(12(19)20)5-3-2-4-6-14/h8-9H,2-7,10H2,1H3,(H,19,20)(H2,15,16,21). The number of carbonyl (C=O) groups excluding carboxylic acids is 1. The van der Waals surface area contributed by atoms with Crippen molar-refractivity contribution in [3.05, 3.63) is 18.0 Å². The number of hydrogen-bond acceptors (Lipinski definition) is 3. The highest BCUT2D eigenvalue weighted by Gasteiger charge is 2.39. The van der Waals surface area contributed by atoms with Gasteiger partial charge in [0.1, 0.15) is 0 Å². The van der Waals surface area contributed by atoms with Crippen LogP contribution in [0.4, 0.5) is 4.79 Å². The maximum absolute atomic E-state index is 11.8. The van der Waals surface area contributed by atoms with Crippen molar-refractivity contribution in [1.82, 2.24) is 20.4 Å². The lowest BCUT2D eigenvalue weighted by Crippen LogP contribution is -2.47. The topological polar surface area (TPSA) is 96.2 Å². The smallest absolute Gasteiger partial charge is 0.315 e. The summed E-state index contributed by atoms with van der Waals surface area (Å²) < 4.78 is 1.66. The average Bonchev–Trinajstić information content (AvgIpc) is 2.89. The molecule has 0 unspecified atom stereocenters. The molecule has 1 aliphatic carbocycles. The van der Waals surface area contributed by atoms with Gasteiger partial charge in [-0.1, -0.05) is 19.3 Å². The summed E-state index contributed by atoms with van der Waals surface area (Å²) in [7, 11) is 1.81. The van der Waals surface area contributed by atoms with Crippen LogP contribution in [0.2, 0.25) is 0 Å². The van der Waals surface area contributed by atoms with E-state index in [2.05, 4.69) is 15.7 Å². The molecule has 1 aliphatic rings. The number of rotatable bonds is 5. The minimum atomic E-state index is -0.810. The minimum Gasteiger partial charge on any atom is -0.481 e. The SMILES string of the molecule is Cn1cc(CNC(=O)NCC2(C(=O)O)CCCCC2)cn1. The Balaban J connectivity index is 1.80. The number of carboxylic acid groups (broad SMARTS) is 1. The molecular weight excluding hydrogens is 272 g/mol. The molecule has 0 bridgehead atoms. The number of urea groups is 1. The first-order valence-corrected chi connectivity index (χ1v) is 7.24. The second kappa shape index (κ2) is 6.60. The third-order valence-electron chi connectivity index (χ3n) is 4.06. The van der Waals surface area contributed by atoms with E-state index in [0.717, 1.165) is 24.8 Å². The Bertz CT molecular complexity index is 506. The van der Waals surface area contributed by atoms with Gasteiger partial charge in [0.05, 0.1) is 11.6 Å². The molecule has 0 spiro atoms. The van der Waals surface area contributed by atoms with Gasteiger partial charge < -0.3 is 15.7 Å². The number of carbonyl (C=O) groups is 2. The maximum Gasteiger partial charge on any atom is 0.315 e. The molecule has 0 aliphatic heterocycles. The van der Waals surface area contributed by atoms with Gasteiger partial charge in [-0.05, 0) is 12.8 Å². The summed E-state index contributed by atoms with van der Waals surface area (Å²) in [6.45, 7) is 0.556. The van der Waals surface area contributed by atoms with Crippen LogP contribution in [0.25, 0.3) is 0 Å². The number of nitrogens with zero attached hydrogens (tertiary/aromatic N) is 2. The number of nitrogens with one attached hydrogen (secondary N) is 2. The number of amides is 2. The van der Waals surface area contributed by atoms with Gasteiger partial charge in [-0.2, -0.15) is 5.10 Å². The minimum absolute atomic E-state index is 0.182. The Kier molecular flexibility index (Phi) is 4.82. The monoisotopic (exact) mass is 294 g/mol. The molecule has 1 aromatic heterocycles.